The lowest BCUT2D eigenvalue weighted by molar-refractivity contribution is 0.200. The van der Waals surface area contributed by atoms with Gasteiger partial charge in [-0.2, -0.15) is 0 Å². The molecule has 1 N–H and O–H groups in total. The Bertz CT molecular complexity index is 767. The molecule has 1 fully saturated rings. The number of benzene rings is 1. The van der Waals surface area contributed by atoms with Crippen LogP contribution >= 0.6 is 0 Å². The van der Waals surface area contributed by atoms with Crippen LogP contribution < -0.4 is 15.1 Å². The van der Waals surface area contributed by atoms with Crippen LogP contribution in [0.4, 0.5) is 26.5 Å². The number of nitrogens with one attached hydrogen (secondary N) is 1. The zero-order valence-electron chi connectivity index (χ0n) is 15.2. The predicted molar refractivity (Wildman–Crippen MR) is 100 cm³/mol. The Morgan fingerprint density at radius 3 is 2.54 bits per heavy atom. The van der Waals surface area contributed by atoms with Gasteiger partial charge in [0, 0.05) is 39.8 Å². The largest absolute Gasteiger partial charge is 0.363 e. The van der Waals surface area contributed by atoms with Gasteiger partial charge in [-0.05, 0) is 19.1 Å². The number of piperazine rings is 1. The third-order valence-corrected chi connectivity index (χ3v) is 4.37. The number of amides is 2. The van der Waals surface area contributed by atoms with Crippen LogP contribution in [0, 0.1) is 5.82 Å². The molecule has 3 rings (SSSR count). The summed E-state index contributed by atoms with van der Waals surface area (Å²) in [5, 5.41) is 2.82. The van der Waals surface area contributed by atoms with Gasteiger partial charge in [0.25, 0.3) is 0 Å². The van der Waals surface area contributed by atoms with Crippen molar-refractivity contribution in [2.75, 3.05) is 48.8 Å². The molecule has 1 saturated heterocycles. The summed E-state index contributed by atoms with van der Waals surface area (Å²) in [6.07, 6.45) is 3.17. The van der Waals surface area contributed by atoms with Gasteiger partial charge in [0.1, 0.15) is 5.82 Å². The summed E-state index contributed by atoms with van der Waals surface area (Å²) >= 11 is 0. The van der Waals surface area contributed by atoms with E-state index in [0.717, 1.165) is 0 Å². The molecule has 8 heteroatoms. The Morgan fingerprint density at radius 2 is 1.92 bits per heavy atom. The molecule has 0 saturated carbocycles. The van der Waals surface area contributed by atoms with E-state index >= 15 is 0 Å². The highest BCUT2D eigenvalue weighted by atomic mass is 19.1. The minimum Gasteiger partial charge on any atom is -0.363 e. The molecule has 1 aliphatic heterocycles. The molecule has 0 spiro atoms. The van der Waals surface area contributed by atoms with Crippen molar-refractivity contribution in [3.8, 4) is 0 Å². The summed E-state index contributed by atoms with van der Waals surface area (Å²) in [4.78, 5) is 26.4. The maximum absolute atomic E-state index is 14.0. The molecule has 0 bridgehead atoms. The molecule has 26 heavy (non-hydrogen) atoms. The number of rotatable bonds is 3. The van der Waals surface area contributed by atoms with E-state index in [1.807, 2.05) is 32.0 Å². The van der Waals surface area contributed by atoms with E-state index in [0.29, 0.717) is 37.0 Å². The number of hydrogen-bond donors (Lipinski definition) is 1. The first kappa shape index (κ1) is 17.9. The maximum Gasteiger partial charge on any atom is 0.322 e. The fourth-order valence-corrected chi connectivity index (χ4v) is 3.00. The van der Waals surface area contributed by atoms with Crippen LogP contribution in [0.5, 0.6) is 0 Å². The van der Waals surface area contributed by atoms with E-state index in [9.17, 15) is 9.18 Å². The van der Waals surface area contributed by atoms with Crippen molar-refractivity contribution in [1.82, 2.24) is 14.9 Å². The van der Waals surface area contributed by atoms with Gasteiger partial charge < -0.3 is 20.0 Å². The number of aromatic nitrogens is 2. The maximum atomic E-state index is 14.0. The smallest absolute Gasteiger partial charge is 0.322 e. The summed E-state index contributed by atoms with van der Waals surface area (Å²) in [6, 6.07) is 6.53. The topological polar surface area (TPSA) is 64.6 Å². The van der Waals surface area contributed by atoms with E-state index in [1.165, 1.54) is 6.07 Å². The average molecular weight is 358 g/mol. The number of halogens is 1. The molecule has 1 aromatic heterocycles. The second-order valence-electron chi connectivity index (χ2n) is 6.54. The van der Waals surface area contributed by atoms with Crippen LogP contribution in [-0.2, 0) is 0 Å². The minimum absolute atomic E-state index is 0.0127. The molecule has 7 nitrogen and oxygen atoms in total. The van der Waals surface area contributed by atoms with Gasteiger partial charge in [0.2, 0.25) is 5.95 Å². The first-order chi connectivity index (χ1) is 12.5. The number of nitrogens with zero attached hydrogens (tertiary/aromatic N) is 5. The Kier molecular flexibility index (Phi) is 5.20. The molecule has 0 aliphatic carbocycles. The van der Waals surface area contributed by atoms with E-state index < -0.39 is 0 Å². The van der Waals surface area contributed by atoms with Gasteiger partial charge in [0.05, 0.1) is 23.8 Å². The van der Waals surface area contributed by atoms with Crippen LogP contribution in [0.2, 0.25) is 0 Å². The molecule has 138 valence electrons. The van der Waals surface area contributed by atoms with Crippen molar-refractivity contribution in [2.24, 2.45) is 0 Å². The zero-order chi connectivity index (χ0) is 18.7. The molecule has 1 aromatic carbocycles. The van der Waals surface area contributed by atoms with Crippen LogP contribution in [-0.4, -0.2) is 60.7 Å². The summed E-state index contributed by atoms with van der Waals surface area (Å²) in [6.45, 7) is 3.59. The Balaban J connectivity index is 1.61. The van der Waals surface area contributed by atoms with Crippen molar-refractivity contribution in [2.45, 2.75) is 13.0 Å². The van der Waals surface area contributed by atoms with Crippen molar-refractivity contribution >= 4 is 23.4 Å². The highest BCUT2D eigenvalue weighted by Crippen LogP contribution is 2.23. The second kappa shape index (κ2) is 7.55. The van der Waals surface area contributed by atoms with Crippen LogP contribution in [0.15, 0.2) is 36.7 Å². The van der Waals surface area contributed by atoms with Gasteiger partial charge in [-0.1, -0.05) is 12.1 Å². The Hall–Kier alpha value is -2.90. The average Bonchev–Trinajstić information content (AvgIpc) is 2.63. The highest BCUT2D eigenvalue weighted by Gasteiger charge is 2.28. The number of hydrogen-bond acceptors (Lipinski definition) is 5. The number of urea groups is 1. The lowest BCUT2D eigenvalue weighted by atomic mass is 10.1. The Labute approximate surface area is 152 Å². The third kappa shape index (κ3) is 3.84. The lowest BCUT2D eigenvalue weighted by Crippen LogP contribution is -2.55. The Morgan fingerprint density at radius 1 is 1.23 bits per heavy atom. The van der Waals surface area contributed by atoms with E-state index in [1.54, 1.807) is 34.3 Å². The van der Waals surface area contributed by atoms with Crippen LogP contribution in [0.3, 0.4) is 0 Å². The van der Waals surface area contributed by atoms with Gasteiger partial charge in [-0.3, -0.25) is 0 Å². The summed E-state index contributed by atoms with van der Waals surface area (Å²) in [7, 11) is 3.70. The molecular formula is C18H23FN6O. The van der Waals surface area contributed by atoms with Crippen LogP contribution in [0.25, 0.3) is 0 Å². The fraction of sp³-hybridized carbons (Fsp3) is 0.389. The van der Waals surface area contributed by atoms with Gasteiger partial charge in [-0.25, -0.2) is 19.2 Å². The van der Waals surface area contributed by atoms with Crippen molar-refractivity contribution in [3.63, 3.8) is 0 Å². The van der Waals surface area contributed by atoms with Crippen molar-refractivity contribution in [3.05, 3.63) is 42.5 Å². The molecule has 0 radical (unpaired) electrons. The number of carbonyl (C=O) groups is 1. The number of carbonyl (C=O) groups excluding carboxylic acids is 1. The molecule has 1 aliphatic rings. The first-order valence-electron chi connectivity index (χ1n) is 8.52. The standard InChI is InChI=1S/C18H23FN6O/c1-13-12-24(8-9-25(13)16-7-5-4-6-15(16)19)18(26)22-14-10-20-17(21-11-14)23(2)3/h4-7,10-11,13H,8-9,12H2,1-3H3,(H,22,26)/t13-/m0/s1. The summed E-state index contributed by atoms with van der Waals surface area (Å²) < 4.78 is 14.0. The van der Waals surface area contributed by atoms with E-state index in [-0.39, 0.29) is 17.9 Å². The fourth-order valence-electron chi connectivity index (χ4n) is 3.00. The quantitative estimate of drug-likeness (QED) is 0.913. The zero-order valence-corrected chi connectivity index (χ0v) is 15.2. The van der Waals surface area contributed by atoms with E-state index in [2.05, 4.69) is 15.3 Å². The van der Waals surface area contributed by atoms with Crippen molar-refractivity contribution in [1.29, 1.82) is 0 Å². The number of para-hydroxylation sites is 1. The third-order valence-electron chi connectivity index (χ3n) is 4.37. The number of anilines is 3. The molecule has 1 atom stereocenters. The molecule has 2 amide bonds. The molecule has 0 unspecified atom stereocenters. The second-order valence-corrected chi connectivity index (χ2v) is 6.54. The predicted octanol–water partition coefficient (Wildman–Crippen LogP) is 2.42. The van der Waals surface area contributed by atoms with Crippen LogP contribution in [0.1, 0.15) is 6.92 Å². The summed E-state index contributed by atoms with van der Waals surface area (Å²) in [5.41, 5.74) is 1.12. The summed E-state index contributed by atoms with van der Waals surface area (Å²) in [5.74, 6) is 0.338. The SMILES string of the molecule is C[C@H]1CN(C(=O)Nc2cnc(N(C)C)nc2)CCN1c1ccccc1F. The van der Waals surface area contributed by atoms with Gasteiger partial charge in [0.15, 0.2) is 0 Å². The monoisotopic (exact) mass is 358 g/mol. The minimum atomic E-state index is -0.240. The molecule has 2 aromatic rings. The molecular weight excluding hydrogens is 335 g/mol. The highest BCUT2D eigenvalue weighted by molar-refractivity contribution is 5.89. The van der Waals surface area contributed by atoms with Crippen molar-refractivity contribution < 1.29 is 9.18 Å². The lowest BCUT2D eigenvalue weighted by Gasteiger charge is -2.41. The van der Waals surface area contributed by atoms with E-state index in [4.69, 9.17) is 0 Å². The van der Waals surface area contributed by atoms with Gasteiger partial charge in [-0.15, -0.1) is 0 Å². The normalized spacial score (nSPS) is 17.2. The van der Waals surface area contributed by atoms with Gasteiger partial charge >= 0.3 is 6.03 Å². The first-order valence-corrected chi connectivity index (χ1v) is 8.52. The molecule has 2 heterocycles.